The average molecular weight is 464 g/mol. The van der Waals surface area contributed by atoms with Crippen LogP contribution in [0.1, 0.15) is 38.8 Å². The van der Waals surface area contributed by atoms with Crippen LogP contribution < -0.4 is 24.7 Å². The van der Waals surface area contributed by atoms with Gasteiger partial charge < -0.3 is 24.7 Å². The Bertz CT molecular complexity index is 1150. The highest BCUT2D eigenvalue weighted by Crippen LogP contribution is 2.46. The maximum atomic E-state index is 6.58. The van der Waals surface area contributed by atoms with Gasteiger partial charge in [-0.2, -0.15) is 0 Å². The Morgan fingerprint density at radius 3 is 1.94 bits per heavy atom. The van der Waals surface area contributed by atoms with Gasteiger partial charge in [-0.1, -0.05) is 31.5 Å². The summed E-state index contributed by atoms with van der Waals surface area (Å²) in [6, 6.07) is 16.1. The molecule has 5 heteroatoms. The first-order valence-corrected chi connectivity index (χ1v) is 11.6. The summed E-state index contributed by atoms with van der Waals surface area (Å²) in [6.07, 6.45) is 0. The van der Waals surface area contributed by atoms with E-state index >= 15 is 0 Å². The standard InChI is InChI=1S/C29H37NO4/c1-18(2)17-34-28-16-24(22-13-19(3)9-12-26(22)32-7)27(33-8)15-23(28)21-14-20(31-6)10-11-25(21)29(4,5)30/h9-16,18H,17,30H2,1-8H3. The predicted molar refractivity (Wildman–Crippen MR) is 139 cm³/mol. The molecule has 182 valence electrons. The molecule has 0 unspecified atom stereocenters. The van der Waals surface area contributed by atoms with Gasteiger partial charge in [0.05, 0.1) is 27.9 Å². The smallest absolute Gasteiger partial charge is 0.128 e. The SMILES string of the molecule is COc1ccc(C(C)(C)N)c(-c2cc(OC)c(-c3cc(C)ccc3OC)cc2OCC(C)C)c1. The molecule has 0 fully saturated rings. The van der Waals surface area contributed by atoms with Crippen LogP contribution in [0.5, 0.6) is 23.0 Å². The van der Waals surface area contributed by atoms with Crippen LogP contribution in [0.2, 0.25) is 0 Å². The molecule has 0 amide bonds. The second kappa shape index (κ2) is 10.4. The number of aryl methyl sites for hydroxylation is 1. The van der Waals surface area contributed by atoms with Crippen molar-refractivity contribution in [2.24, 2.45) is 11.7 Å². The van der Waals surface area contributed by atoms with E-state index in [4.69, 9.17) is 24.7 Å². The molecule has 34 heavy (non-hydrogen) atoms. The van der Waals surface area contributed by atoms with E-state index in [9.17, 15) is 0 Å². The third-order valence-electron chi connectivity index (χ3n) is 5.73. The van der Waals surface area contributed by atoms with Crippen molar-refractivity contribution in [3.05, 3.63) is 59.7 Å². The van der Waals surface area contributed by atoms with E-state index in [1.807, 2.05) is 56.3 Å². The lowest BCUT2D eigenvalue weighted by Gasteiger charge is -2.26. The van der Waals surface area contributed by atoms with Crippen LogP contribution in [0.15, 0.2) is 48.5 Å². The molecular formula is C29H37NO4. The molecule has 0 saturated heterocycles. The van der Waals surface area contributed by atoms with Gasteiger partial charge in [0.2, 0.25) is 0 Å². The molecule has 2 N–H and O–H groups in total. The number of hydrogen-bond acceptors (Lipinski definition) is 5. The van der Waals surface area contributed by atoms with Gasteiger partial charge >= 0.3 is 0 Å². The minimum absolute atomic E-state index is 0.364. The molecule has 0 heterocycles. The number of ether oxygens (including phenoxy) is 4. The molecule has 0 saturated carbocycles. The Hall–Kier alpha value is -3.18. The topological polar surface area (TPSA) is 62.9 Å². The maximum Gasteiger partial charge on any atom is 0.128 e. The highest BCUT2D eigenvalue weighted by atomic mass is 16.5. The van der Waals surface area contributed by atoms with E-state index in [1.165, 1.54) is 0 Å². The molecular weight excluding hydrogens is 426 g/mol. The molecule has 0 radical (unpaired) electrons. The van der Waals surface area contributed by atoms with E-state index in [0.717, 1.165) is 56.4 Å². The van der Waals surface area contributed by atoms with Crippen LogP contribution in [0.4, 0.5) is 0 Å². The van der Waals surface area contributed by atoms with Crippen LogP contribution in [0, 0.1) is 12.8 Å². The van der Waals surface area contributed by atoms with Gasteiger partial charge in [0.1, 0.15) is 23.0 Å². The summed E-state index contributed by atoms with van der Waals surface area (Å²) in [5.41, 5.74) is 11.8. The summed E-state index contributed by atoms with van der Waals surface area (Å²) < 4.78 is 23.5. The van der Waals surface area contributed by atoms with Gasteiger partial charge in [0.25, 0.3) is 0 Å². The van der Waals surface area contributed by atoms with Gasteiger partial charge in [-0.05, 0) is 74.2 Å². The quantitative estimate of drug-likeness (QED) is 0.388. The van der Waals surface area contributed by atoms with Crippen LogP contribution in [0.25, 0.3) is 22.3 Å². The zero-order chi connectivity index (χ0) is 25.0. The van der Waals surface area contributed by atoms with Crippen molar-refractivity contribution in [3.8, 4) is 45.3 Å². The van der Waals surface area contributed by atoms with E-state index in [-0.39, 0.29) is 0 Å². The van der Waals surface area contributed by atoms with Crippen LogP contribution in [-0.2, 0) is 5.54 Å². The minimum atomic E-state index is -0.567. The Kier molecular flexibility index (Phi) is 7.78. The van der Waals surface area contributed by atoms with Gasteiger partial charge in [0, 0.05) is 22.2 Å². The van der Waals surface area contributed by atoms with Crippen LogP contribution in [-0.4, -0.2) is 27.9 Å². The molecule has 3 aromatic rings. The Labute approximate surface area is 203 Å². The van der Waals surface area contributed by atoms with Crippen molar-refractivity contribution in [2.75, 3.05) is 27.9 Å². The fourth-order valence-corrected chi connectivity index (χ4v) is 3.99. The summed E-state index contributed by atoms with van der Waals surface area (Å²) in [6.45, 7) is 10.9. The van der Waals surface area contributed by atoms with Gasteiger partial charge in [0.15, 0.2) is 0 Å². The number of rotatable bonds is 9. The van der Waals surface area contributed by atoms with E-state index in [1.54, 1.807) is 21.3 Å². The zero-order valence-corrected chi connectivity index (χ0v) is 21.6. The van der Waals surface area contributed by atoms with E-state index < -0.39 is 5.54 Å². The summed E-state index contributed by atoms with van der Waals surface area (Å²) in [5, 5.41) is 0. The fourth-order valence-electron chi connectivity index (χ4n) is 3.99. The lowest BCUT2D eigenvalue weighted by molar-refractivity contribution is 0.272. The van der Waals surface area contributed by atoms with Crippen molar-refractivity contribution in [3.63, 3.8) is 0 Å². The second-order valence-corrected chi connectivity index (χ2v) is 9.59. The van der Waals surface area contributed by atoms with E-state index in [0.29, 0.717) is 12.5 Å². The van der Waals surface area contributed by atoms with Gasteiger partial charge in [-0.15, -0.1) is 0 Å². The Morgan fingerprint density at radius 2 is 1.35 bits per heavy atom. The highest BCUT2D eigenvalue weighted by molar-refractivity contribution is 5.85. The summed E-state index contributed by atoms with van der Waals surface area (Å²) >= 11 is 0. The first-order valence-electron chi connectivity index (χ1n) is 11.6. The maximum absolute atomic E-state index is 6.58. The lowest BCUT2D eigenvalue weighted by atomic mass is 9.86. The normalized spacial score (nSPS) is 11.5. The zero-order valence-electron chi connectivity index (χ0n) is 21.6. The minimum Gasteiger partial charge on any atom is -0.497 e. The first-order chi connectivity index (χ1) is 16.1. The second-order valence-electron chi connectivity index (χ2n) is 9.59. The van der Waals surface area contributed by atoms with Crippen molar-refractivity contribution < 1.29 is 18.9 Å². The monoisotopic (exact) mass is 463 g/mol. The molecule has 5 nitrogen and oxygen atoms in total. The van der Waals surface area contributed by atoms with Crippen molar-refractivity contribution in [2.45, 2.75) is 40.2 Å². The first kappa shape index (κ1) is 25.4. The average Bonchev–Trinajstić information content (AvgIpc) is 2.81. The van der Waals surface area contributed by atoms with Gasteiger partial charge in [-0.3, -0.25) is 0 Å². The molecule has 3 rings (SSSR count). The number of benzene rings is 3. The van der Waals surface area contributed by atoms with Crippen molar-refractivity contribution >= 4 is 0 Å². The largest absolute Gasteiger partial charge is 0.497 e. The van der Waals surface area contributed by atoms with Gasteiger partial charge in [-0.25, -0.2) is 0 Å². The molecule has 0 atom stereocenters. The third-order valence-corrected chi connectivity index (χ3v) is 5.73. The third kappa shape index (κ3) is 5.48. The highest BCUT2D eigenvalue weighted by Gasteiger charge is 2.24. The summed E-state index contributed by atoms with van der Waals surface area (Å²) in [7, 11) is 5.02. The molecule has 0 spiro atoms. The van der Waals surface area contributed by atoms with Crippen LogP contribution >= 0.6 is 0 Å². The molecule has 3 aromatic carbocycles. The van der Waals surface area contributed by atoms with Crippen LogP contribution in [0.3, 0.4) is 0 Å². The molecule has 0 aliphatic rings. The summed E-state index contributed by atoms with van der Waals surface area (Å²) in [4.78, 5) is 0. The summed E-state index contributed by atoms with van der Waals surface area (Å²) in [5.74, 6) is 3.37. The predicted octanol–water partition coefficient (Wildman–Crippen LogP) is 6.58. The fraction of sp³-hybridized carbons (Fsp3) is 0.379. The lowest BCUT2D eigenvalue weighted by Crippen LogP contribution is -2.29. The number of nitrogens with two attached hydrogens (primary N) is 1. The number of hydrogen-bond donors (Lipinski definition) is 1. The van der Waals surface area contributed by atoms with Crippen molar-refractivity contribution in [1.82, 2.24) is 0 Å². The molecule has 0 aromatic heterocycles. The van der Waals surface area contributed by atoms with E-state index in [2.05, 4.69) is 26.8 Å². The molecule has 0 aliphatic heterocycles. The Morgan fingerprint density at radius 1 is 0.735 bits per heavy atom. The molecule has 0 bridgehead atoms. The molecule has 0 aliphatic carbocycles. The van der Waals surface area contributed by atoms with Crippen molar-refractivity contribution in [1.29, 1.82) is 0 Å². The number of methoxy groups -OCH3 is 3. The Balaban J connectivity index is 2.35.